The Bertz CT molecular complexity index is 289. The van der Waals surface area contributed by atoms with E-state index in [1.54, 1.807) is 0 Å². The molecule has 2 nitrogen and oxygen atoms in total. The maximum Gasteiger partial charge on any atom is 0.0731 e. The second-order valence-corrected chi connectivity index (χ2v) is 8.05. The van der Waals surface area contributed by atoms with Gasteiger partial charge in [0, 0.05) is 6.04 Å². The second-order valence-electron chi connectivity index (χ2n) is 8.05. The normalized spacial score (nSPS) is 37.8. The van der Waals surface area contributed by atoms with Crippen molar-refractivity contribution in [1.82, 2.24) is 5.32 Å². The largest absolute Gasteiger partial charge is 0.373 e. The molecule has 20 heavy (non-hydrogen) atoms. The van der Waals surface area contributed by atoms with Gasteiger partial charge in [-0.3, -0.25) is 0 Å². The van der Waals surface area contributed by atoms with Crippen LogP contribution in [0.4, 0.5) is 0 Å². The molecule has 0 saturated heterocycles. The predicted molar refractivity (Wildman–Crippen MR) is 86.0 cm³/mol. The molecule has 0 aromatic rings. The van der Waals surface area contributed by atoms with Gasteiger partial charge in [0.15, 0.2) is 0 Å². The fourth-order valence-corrected chi connectivity index (χ4v) is 4.43. The first-order chi connectivity index (χ1) is 9.50. The summed E-state index contributed by atoms with van der Waals surface area (Å²) in [5.74, 6) is 0.814. The third-order valence-corrected chi connectivity index (χ3v) is 5.07. The maximum absolute atomic E-state index is 6.59. The number of hydrogen-bond acceptors (Lipinski definition) is 2. The zero-order chi connectivity index (χ0) is 14.6. The van der Waals surface area contributed by atoms with Gasteiger partial charge in [0.2, 0.25) is 0 Å². The van der Waals surface area contributed by atoms with Crippen molar-refractivity contribution in [3.63, 3.8) is 0 Å². The van der Waals surface area contributed by atoms with Gasteiger partial charge in [0.1, 0.15) is 0 Å². The predicted octanol–water partition coefficient (Wildman–Crippen LogP) is 4.53. The lowest BCUT2D eigenvalue weighted by atomic mass is 9.71. The van der Waals surface area contributed by atoms with Crippen molar-refractivity contribution in [2.75, 3.05) is 6.54 Å². The van der Waals surface area contributed by atoms with Crippen molar-refractivity contribution in [1.29, 1.82) is 0 Å². The highest BCUT2D eigenvalue weighted by Crippen LogP contribution is 2.40. The van der Waals surface area contributed by atoms with Crippen molar-refractivity contribution in [2.24, 2.45) is 11.3 Å². The third kappa shape index (κ3) is 4.73. The monoisotopic (exact) mass is 281 g/mol. The first-order valence-corrected chi connectivity index (χ1v) is 8.89. The van der Waals surface area contributed by atoms with Crippen LogP contribution in [0.3, 0.4) is 0 Å². The van der Waals surface area contributed by atoms with E-state index in [1.807, 2.05) is 0 Å². The van der Waals surface area contributed by atoms with Crippen LogP contribution in [-0.4, -0.2) is 24.8 Å². The van der Waals surface area contributed by atoms with Crippen molar-refractivity contribution in [2.45, 2.75) is 97.3 Å². The summed E-state index contributed by atoms with van der Waals surface area (Å²) in [6, 6.07) is 0.601. The fourth-order valence-electron chi connectivity index (χ4n) is 4.43. The van der Waals surface area contributed by atoms with Gasteiger partial charge in [0.05, 0.1) is 12.2 Å². The average molecular weight is 281 g/mol. The molecule has 2 rings (SSSR count). The zero-order valence-electron chi connectivity index (χ0n) is 14.1. The van der Waals surface area contributed by atoms with Crippen molar-refractivity contribution in [3.05, 3.63) is 0 Å². The molecule has 0 heterocycles. The molecule has 1 N–H and O–H groups in total. The van der Waals surface area contributed by atoms with Crippen LogP contribution in [0.5, 0.6) is 0 Å². The molecule has 118 valence electrons. The van der Waals surface area contributed by atoms with Crippen LogP contribution in [0.25, 0.3) is 0 Å². The molecule has 2 aliphatic rings. The van der Waals surface area contributed by atoms with Crippen LogP contribution in [0.1, 0.15) is 79.1 Å². The molecule has 4 atom stereocenters. The molecule has 4 unspecified atom stereocenters. The lowest BCUT2D eigenvalue weighted by molar-refractivity contribution is -0.0876. The number of rotatable bonds is 5. The van der Waals surface area contributed by atoms with E-state index in [2.05, 4.69) is 33.0 Å². The van der Waals surface area contributed by atoms with Gasteiger partial charge < -0.3 is 10.1 Å². The summed E-state index contributed by atoms with van der Waals surface area (Å²) in [5.41, 5.74) is 0.462. The minimum absolute atomic E-state index is 0.460. The van der Waals surface area contributed by atoms with Gasteiger partial charge in [-0.25, -0.2) is 0 Å². The highest BCUT2D eigenvalue weighted by molar-refractivity contribution is 4.87. The number of nitrogens with one attached hydrogen (secondary N) is 1. The van der Waals surface area contributed by atoms with Crippen LogP contribution in [0, 0.1) is 11.3 Å². The Hall–Kier alpha value is -0.0800. The first kappa shape index (κ1) is 16.3. The third-order valence-electron chi connectivity index (χ3n) is 5.07. The maximum atomic E-state index is 6.59. The Kier molecular flexibility index (Phi) is 5.92. The van der Waals surface area contributed by atoms with E-state index in [-0.39, 0.29) is 0 Å². The first-order valence-electron chi connectivity index (χ1n) is 8.89. The number of hydrogen-bond donors (Lipinski definition) is 1. The summed E-state index contributed by atoms with van der Waals surface area (Å²) in [7, 11) is 0. The minimum atomic E-state index is 0.460. The summed E-state index contributed by atoms with van der Waals surface area (Å²) >= 11 is 0. The molecule has 2 aliphatic carbocycles. The van der Waals surface area contributed by atoms with Gasteiger partial charge in [-0.2, -0.15) is 0 Å². The van der Waals surface area contributed by atoms with Gasteiger partial charge in [-0.05, 0) is 56.4 Å². The molecule has 0 aromatic carbocycles. The molecule has 0 aliphatic heterocycles. The van der Waals surface area contributed by atoms with Crippen LogP contribution in [0.15, 0.2) is 0 Å². The highest BCUT2D eigenvalue weighted by atomic mass is 16.5. The standard InChI is InChI=1S/C18H35NO/c1-5-10-19-16-8-6-7-9-17(16)20-15-11-14(2)12-18(3,4)13-15/h14-17,19H,5-13H2,1-4H3. The Morgan fingerprint density at radius 3 is 2.60 bits per heavy atom. The summed E-state index contributed by atoms with van der Waals surface area (Å²) < 4.78 is 6.59. The molecular weight excluding hydrogens is 246 g/mol. The zero-order valence-corrected chi connectivity index (χ0v) is 14.1. The van der Waals surface area contributed by atoms with Gasteiger partial charge in [-0.15, -0.1) is 0 Å². The van der Waals surface area contributed by atoms with E-state index >= 15 is 0 Å². The van der Waals surface area contributed by atoms with Crippen LogP contribution in [0.2, 0.25) is 0 Å². The molecule has 0 bridgehead atoms. The van der Waals surface area contributed by atoms with Crippen molar-refractivity contribution in [3.8, 4) is 0 Å². The summed E-state index contributed by atoms with van der Waals surface area (Å²) in [6.45, 7) is 10.6. The summed E-state index contributed by atoms with van der Waals surface area (Å²) in [5, 5.41) is 3.72. The van der Waals surface area contributed by atoms with E-state index in [1.165, 1.54) is 51.4 Å². The Morgan fingerprint density at radius 2 is 1.90 bits per heavy atom. The molecule has 0 aromatic heterocycles. The SMILES string of the molecule is CCCNC1CCCCC1OC1CC(C)CC(C)(C)C1. The van der Waals surface area contributed by atoms with Crippen LogP contribution in [-0.2, 0) is 4.74 Å². The van der Waals surface area contributed by atoms with Gasteiger partial charge in [-0.1, -0.05) is 40.5 Å². The molecule has 2 saturated carbocycles. The van der Waals surface area contributed by atoms with E-state index < -0.39 is 0 Å². The summed E-state index contributed by atoms with van der Waals surface area (Å²) in [6.07, 6.45) is 11.3. The fraction of sp³-hybridized carbons (Fsp3) is 1.00. The molecule has 0 radical (unpaired) electrons. The van der Waals surface area contributed by atoms with E-state index in [0.29, 0.717) is 23.7 Å². The lowest BCUT2D eigenvalue weighted by Crippen LogP contribution is -2.46. The van der Waals surface area contributed by atoms with E-state index in [0.717, 1.165) is 12.5 Å². The molecule has 0 spiro atoms. The molecule has 0 amide bonds. The Morgan fingerprint density at radius 1 is 1.15 bits per heavy atom. The van der Waals surface area contributed by atoms with Crippen molar-refractivity contribution < 1.29 is 4.74 Å². The lowest BCUT2D eigenvalue weighted by Gasteiger charge is -2.42. The smallest absolute Gasteiger partial charge is 0.0731 e. The Labute approximate surface area is 126 Å². The number of ether oxygens (including phenoxy) is 1. The van der Waals surface area contributed by atoms with Gasteiger partial charge >= 0.3 is 0 Å². The quantitative estimate of drug-likeness (QED) is 0.799. The summed E-state index contributed by atoms with van der Waals surface area (Å²) in [4.78, 5) is 0. The Balaban J connectivity index is 1.89. The molecule has 2 fully saturated rings. The second kappa shape index (κ2) is 7.26. The molecule has 2 heteroatoms. The highest BCUT2D eigenvalue weighted by Gasteiger charge is 2.35. The van der Waals surface area contributed by atoms with Gasteiger partial charge in [0.25, 0.3) is 0 Å². The van der Waals surface area contributed by atoms with Crippen LogP contribution >= 0.6 is 0 Å². The van der Waals surface area contributed by atoms with E-state index in [9.17, 15) is 0 Å². The minimum Gasteiger partial charge on any atom is -0.373 e. The average Bonchev–Trinajstić information content (AvgIpc) is 2.35. The van der Waals surface area contributed by atoms with Crippen LogP contribution < -0.4 is 5.32 Å². The topological polar surface area (TPSA) is 21.3 Å². The van der Waals surface area contributed by atoms with E-state index in [4.69, 9.17) is 4.74 Å². The molecular formula is C18H35NO. The van der Waals surface area contributed by atoms with Crippen molar-refractivity contribution >= 4 is 0 Å².